The molecule has 0 aliphatic carbocycles. The number of nitrogens with zero attached hydrogens (tertiary/aromatic N) is 2. The van der Waals surface area contributed by atoms with Gasteiger partial charge in [0.15, 0.2) is 0 Å². The SMILES string of the molecule is NC(=O)N(Cc1ccccc1)C(CC(=O)O)c1ccncc1. The molecule has 2 amide bonds. The molecular weight excluding hydrogens is 282 g/mol. The Morgan fingerprint density at radius 2 is 1.77 bits per heavy atom. The van der Waals surface area contributed by atoms with Crippen molar-refractivity contribution in [2.75, 3.05) is 0 Å². The Kier molecular flexibility index (Phi) is 5.08. The average Bonchev–Trinajstić information content (AvgIpc) is 2.52. The van der Waals surface area contributed by atoms with Crippen LogP contribution in [-0.4, -0.2) is 27.0 Å². The van der Waals surface area contributed by atoms with E-state index >= 15 is 0 Å². The van der Waals surface area contributed by atoms with Crippen molar-refractivity contribution in [1.82, 2.24) is 9.88 Å². The van der Waals surface area contributed by atoms with E-state index in [4.69, 9.17) is 10.8 Å². The number of nitrogens with two attached hydrogens (primary N) is 1. The van der Waals surface area contributed by atoms with Crippen LogP contribution in [0.1, 0.15) is 23.6 Å². The first-order valence-electron chi connectivity index (χ1n) is 6.79. The van der Waals surface area contributed by atoms with E-state index < -0.39 is 18.0 Å². The van der Waals surface area contributed by atoms with E-state index in [1.165, 1.54) is 4.90 Å². The minimum absolute atomic E-state index is 0.222. The van der Waals surface area contributed by atoms with Gasteiger partial charge in [0.1, 0.15) is 0 Å². The molecule has 1 atom stereocenters. The van der Waals surface area contributed by atoms with Crippen LogP contribution in [0.15, 0.2) is 54.9 Å². The van der Waals surface area contributed by atoms with Gasteiger partial charge in [-0.25, -0.2) is 4.79 Å². The highest BCUT2D eigenvalue weighted by molar-refractivity contribution is 5.74. The summed E-state index contributed by atoms with van der Waals surface area (Å²) in [6.07, 6.45) is 2.90. The fraction of sp³-hybridized carbons (Fsp3) is 0.188. The third-order valence-corrected chi connectivity index (χ3v) is 3.31. The second-order valence-corrected chi connectivity index (χ2v) is 4.85. The number of aliphatic carboxylic acids is 1. The van der Waals surface area contributed by atoms with Gasteiger partial charge in [-0.05, 0) is 23.3 Å². The largest absolute Gasteiger partial charge is 0.481 e. The third kappa shape index (κ3) is 4.05. The molecule has 6 heteroatoms. The normalized spacial score (nSPS) is 11.6. The summed E-state index contributed by atoms with van der Waals surface area (Å²) in [6.45, 7) is 0.246. The van der Waals surface area contributed by atoms with Gasteiger partial charge >= 0.3 is 12.0 Å². The molecule has 0 radical (unpaired) electrons. The fourth-order valence-electron chi connectivity index (χ4n) is 2.28. The molecule has 2 aromatic rings. The molecule has 2 rings (SSSR count). The second kappa shape index (κ2) is 7.21. The maximum absolute atomic E-state index is 11.8. The Labute approximate surface area is 128 Å². The number of hydrogen-bond acceptors (Lipinski definition) is 3. The van der Waals surface area contributed by atoms with Crippen molar-refractivity contribution in [2.45, 2.75) is 19.0 Å². The number of urea groups is 1. The molecule has 0 bridgehead atoms. The van der Waals surface area contributed by atoms with Crippen LogP contribution in [0, 0.1) is 0 Å². The second-order valence-electron chi connectivity index (χ2n) is 4.85. The standard InChI is InChI=1S/C16H17N3O3/c17-16(22)19(11-12-4-2-1-3-5-12)14(10-15(20)21)13-6-8-18-9-7-13/h1-9,14H,10-11H2,(H2,17,22)(H,20,21). The summed E-state index contributed by atoms with van der Waals surface area (Å²) in [5.41, 5.74) is 7.04. The summed E-state index contributed by atoms with van der Waals surface area (Å²) in [4.78, 5) is 28.3. The predicted octanol–water partition coefficient (Wildman–Crippen LogP) is 2.18. The van der Waals surface area contributed by atoms with Gasteiger partial charge < -0.3 is 15.7 Å². The van der Waals surface area contributed by atoms with Gasteiger partial charge in [-0.15, -0.1) is 0 Å². The number of hydrogen-bond donors (Lipinski definition) is 2. The predicted molar refractivity (Wildman–Crippen MR) is 80.8 cm³/mol. The lowest BCUT2D eigenvalue weighted by atomic mass is 10.0. The minimum Gasteiger partial charge on any atom is -0.481 e. The van der Waals surface area contributed by atoms with Crippen molar-refractivity contribution in [1.29, 1.82) is 0 Å². The molecule has 1 aromatic carbocycles. The number of primary amides is 1. The molecule has 22 heavy (non-hydrogen) atoms. The van der Waals surface area contributed by atoms with Crippen LogP contribution < -0.4 is 5.73 Å². The molecule has 3 N–H and O–H groups in total. The molecule has 0 fully saturated rings. The van der Waals surface area contributed by atoms with Crippen LogP contribution in [0.5, 0.6) is 0 Å². The monoisotopic (exact) mass is 299 g/mol. The summed E-state index contributed by atoms with van der Waals surface area (Å²) < 4.78 is 0. The molecule has 1 heterocycles. The van der Waals surface area contributed by atoms with Gasteiger partial charge in [0.2, 0.25) is 0 Å². The van der Waals surface area contributed by atoms with Crippen molar-refractivity contribution in [3.63, 3.8) is 0 Å². The zero-order chi connectivity index (χ0) is 15.9. The van der Waals surface area contributed by atoms with E-state index in [1.54, 1.807) is 24.5 Å². The minimum atomic E-state index is -0.999. The van der Waals surface area contributed by atoms with E-state index in [2.05, 4.69) is 4.98 Å². The zero-order valence-electron chi connectivity index (χ0n) is 11.9. The number of carboxylic acid groups (broad SMARTS) is 1. The van der Waals surface area contributed by atoms with E-state index in [0.717, 1.165) is 5.56 Å². The summed E-state index contributed by atoms with van der Waals surface area (Å²) >= 11 is 0. The van der Waals surface area contributed by atoms with Crippen LogP contribution >= 0.6 is 0 Å². The van der Waals surface area contributed by atoms with Gasteiger partial charge in [0, 0.05) is 18.9 Å². The van der Waals surface area contributed by atoms with Crippen LogP contribution in [0.25, 0.3) is 0 Å². The van der Waals surface area contributed by atoms with E-state index in [-0.39, 0.29) is 13.0 Å². The highest BCUT2D eigenvalue weighted by Crippen LogP contribution is 2.25. The number of benzene rings is 1. The summed E-state index contributed by atoms with van der Waals surface area (Å²) in [7, 11) is 0. The number of carbonyl (C=O) groups is 2. The van der Waals surface area contributed by atoms with Crippen molar-refractivity contribution in [2.24, 2.45) is 5.73 Å². The van der Waals surface area contributed by atoms with Gasteiger partial charge in [0.05, 0.1) is 12.5 Å². The molecule has 0 aliphatic rings. The first kappa shape index (κ1) is 15.5. The zero-order valence-corrected chi connectivity index (χ0v) is 11.9. The Balaban J connectivity index is 2.32. The Hall–Kier alpha value is -2.89. The van der Waals surface area contributed by atoms with Crippen molar-refractivity contribution < 1.29 is 14.7 Å². The third-order valence-electron chi connectivity index (χ3n) is 3.31. The molecule has 1 aromatic heterocycles. The number of amides is 2. The number of rotatable bonds is 6. The maximum Gasteiger partial charge on any atom is 0.315 e. The first-order chi connectivity index (χ1) is 10.6. The van der Waals surface area contributed by atoms with Gasteiger partial charge in [-0.1, -0.05) is 30.3 Å². The molecule has 114 valence electrons. The van der Waals surface area contributed by atoms with Gasteiger partial charge in [0.25, 0.3) is 0 Å². The fourth-order valence-corrected chi connectivity index (χ4v) is 2.28. The Bertz CT molecular complexity index is 632. The van der Waals surface area contributed by atoms with Gasteiger partial charge in [-0.2, -0.15) is 0 Å². The lowest BCUT2D eigenvalue weighted by Crippen LogP contribution is -2.39. The summed E-state index contributed by atoms with van der Waals surface area (Å²) in [5, 5.41) is 9.15. The van der Waals surface area contributed by atoms with Crippen molar-refractivity contribution in [3.05, 3.63) is 66.0 Å². The van der Waals surface area contributed by atoms with Crippen LogP contribution in [0.4, 0.5) is 4.79 Å². The molecule has 0 aliphatic heterocycles. The maximum atomic E-state index is 11.8. The Morgan fingerprint density at radius 3 is 2.32 bits per heavy atom. The highest BCUT2D eigenvalue weighted by Gasteiger charge is 2.26. The van der Waals surface area contributed by atoms with Gasteiger partial charge in [-0.3, -0.25) is 9.78 Å². The van der Waals surface area contributed by atoms with Crippen molar-refractivity contribution in [3.8, 4) is 0 Å². The molecule has 1 unspecified atom stereocenters. The highest BCUT2D eigenvalue weighted by atomic mass is 16.4. The number of pyridine rings is 1. The van der Waals surface area contributed by atoms with Crippen LogP contribution in [0.3, 0.4) is 0 Å². The molecular formula is C16H17N3O3. The Morgan fingerprint density at radius 1 is 1.14 bits per heavy atom. The summed E-state index contributed by atoms with van der Waals surface area (Å²) in [5.74, 6) is -0.999. The smallest absolute Gasteiger partial charge is 0.315 e. The van der Waals surface area contributed by atoms with Crippen LogP contribution in [-0.2, 0) is 11.3 Å². The lowest BCUT2D eigenvalue weighted by Gasteiger charge is -2.29. The van der Waals surface area contributed by atoms with Crippen molar-refractivity contribution >= 4 is 12.0 Å². The summed E-state index contributed by atoms with van der Waals surface area (Å²) in [6, 6.07) is 11.4. The van der Waals surface area contributed by atoms with Crippen LogP contribution in [0.2, 0.25) is 0 Å². The molecule has 0 spiro atoms. The first-order valence-corrected chi connectivity index (χ1v) is 6.79. The molecule has 6 nitrogen and oxygen atoms in total. The number of carboxylic acids is 1. The van der Waals surface area contributed by atoms with E-state index in [0.29, 0.717) is 5.56 Å². The average molecular weight is 299 g/mol. The van der Waals surface area contributed by atoms with E-state index in [9.17, 15) is 9.59 Å². The number of carbonyl (C=O) groups excluding carboxylic acids is 1. The number of aromatic nitrogens is 1. The topological polar surface area (TPSA) is 96.5 Å². The van der Waals surface area contributed by atoms with E-state index in [1.807, 2.05) is 30.3 Å². The molecule has 0 saturated heterocycles. The lowest BCUT2D eigenvalue weighted by molar-refractivity contribution is -0.138. The molecule has 0 saturated carbocycles. The quantitative estimate of drug-likeness (QED) is 0.854.